The van der Waals surface area contributed by atoms with Crippen LogP contribution in [0.2, 0.25) is 0 Å². The number of hydrogen-bond acceptors (Lipinski definition) is 6. The summed E-state index contributed by atoms with van der Waals surface area (Å²) in [5.74, 6) is 2.93. The molecule has 2 aliphatic heterocycles. The molecular weight excluding hydrogens is 761 g/mol. The summed E-state index contributed by atoms with van der Waals surface area (Å²) < 4.78 is 12.9. The van der Waals surface area contributed by atoms with Crippen LogP contribution in [0.3, 0.4) is 0 Å². The predicted molar refractivity (Wildman–Crippen MR) is 238 cm³/mol. The van der Waals surface area contributed by atoms with Gasteiger partial charge in [-0.1, -0.05) is 80.3 Å². The number of benzene rings is 4. The second kappa shape index (κ2) is 17.2. The van der Waals surface area contributed by atoms with E-state index in [0.29, 0.717) is 50.1 Å². The summed E-state index contributed by atoms with van der Waals surface area (Å²) in [5, 5.41) is 18.6. The molecule has 2 N–H and O–H groups in total. The van der Waals surface area contributed by atoms with Gasteiger partial charge in [-0.3, -0.25) is 19.4 Å². The molecule has 4 aromatic carbocycles. The highest BCUT2D eigenvalue weighted by Crippen LogP contribution is 2.45. The van der Waals surface area contributed by atoms with Crippen molar-refractivity contribution < 1.29 is 29.3 Å². The lowest BCUT2D eigenvalue weighted by atomic mass is 9.68. The number of ether oxygens (including phenoxy) is 2. The van der Waals surface area contributed by atoms with E-state index in [4.69, 9.17) is 9.47 Å². The highest BCUT2D eigenvalue weighted by molar-refractivity contribution is 5.73. The zero-order chi connectivity index (χ0) is 41.6. The molecule has 4 fully saturated rings. The first-order chi connectivity index (χ1) is 29.7. The van der Waals surface area contributed by atoms with Crippen LogP contribution in [-0.2, 0) is 22.4 Å². The van der Waals surface area contributed by atoms with E-state index in [-0.39, 0.29) is 11.8 Å². The molecule has 6 unspecified atom stereocenters. The van der Waals surface area contributed by atoms with Gasteiger partial charge >= 0.3 is 11.9 Å². The lowest BCUT2D eigenvalue weighted by Crippen LogP contribution is -2.51. The smallest absolute Gasteiger partial charge is 0.309 e. The molecule has 4 aliphatic carbocycles. The first-order valence-electron chi connectivity index (χ1n) is 23.4. The molecule has 8 nitrogen and oxygen atoms in total. The Hall–Kier alpha value is -4.66. The Morgan fingerprint density at radius 1 is 0.574 bits per heavy atom. The predicted octanol–water partition coefficient (Wildman–Crippen LogP) is 10.4. The Balaban J connectivity index is 0.679. The minimum absolute atomic E-state index is 0.213. The Morgan fingerprint density at radius 3 is 1.61 bits per heavy atom. The normalized spacial score (nSPS) is 26.8. The van der Waals surface area contributed by atoms with Crippen LogP contribution in [-0.4, -0.2) is 71.3 Å². The summed E-state index contributed by atoms with van der Waals surface area (Å²) in [6, 6.07) is 29.6. The molecule has 0 amide bonds. The number of carboxylic acids is 2. The van der Waals surface area contributed by atoms with Crippen LogP contribution >= 0.6 is 0 Å². The van der Waals surface area contributed by atoms with Crippen molar-refractivity contribution in [1.82, 2.24) is 9.80 Å². The number of rotatable bonds is 13. The Kier molecular flexibility index (Phi) is 11.4. The molecule has 0 aromatic heterocycles. The molecule has 10 rings (SSSR count). The fourth-order valence-electron chi connectivity index (χ4n) is 12.2. The second-order valence-corrected chi connectivity index (χ2v) is 19.6. The minimum Gasteiger partial charge on any atom is -0.493 e. The zero-order valence-electron chi connectivity index (χ0n) is 35.8. The summed E-state index contributed by atoms with van der Waals surface area (Å²) in [7, 11) is 0. The van der Waals surface area contributed by atoms with E-state index in [0.717, 1.165) is 62.2 Å². The van der Waals surface area contributed by atoms with E-state index in [2.05, 4.69) is 95.6 Å². The third-order valence-electron chi connectivity index (χ3n) is 15.8. The van der Waals surface area contributed by atoms with Gasteiger partial charge in [0, 0.05) is 38.3 Å². The lowest BCUT2D eigenvalue weighted by molar-refractivity contribution is -0.149. The van der Waals surface area contributed by atoms with Crippen molar-refractivity contribution in [2.45, 2.75) is 96.1 Å². The van der Waals surface area contributed by atoms with Crippen molar-refractivity contribution in [2.75, 3.05) is 39.4 Å². The molecule has 2 heterocycles. The molecule has 8 heteroatoms. The van der Waals surface area contributed by atoms with Crippen LogP contribution in [0.25, 0.3) is 22.3 Å². The largest absolute Gasteiger partial charge is 0.493 e. The molecule has 0 spiro atoms. The van der Waals surface area contributed by atoms with Gasteiger partial charge in [0.25, 0.3) is 0 Å². The third kappa shape index (κ3) is 8.47. The Labute approximate surface area is 361 Å². The van der Waals surface area contributed by atoms with Gasteiger partial charge in [-0.2, -0.15) is 0 Å². The average molecular weight is 823 g/mol. The van der Waals surface area contributed by atoms with Crippen molar-refractivity contribution in [3.8, 4) is 33.8 Å². The van der Waals surface area contributed by atoms with E-state index < -0.39 is 11.9 Å². The highest BCUT2D eigenvalue weighted by atomic mass is 16.5. The van der Waals surface area contributed by atoms with E-state index in [1.807, 2.05) is 0 Å². The van der Waals surface area contributed by atoms with E-state index in [9.17, 15) is 19.8 Å². The second-order valence-electron chi connectivity index (χ2n) is 19.6. The first-order valence-corrected chi connectivity index (χ1v) is 23.4. The molecule has 4 aromatic rings. The van der Waals surface area contributed by atoms with Crippen molar-refractivity contribution in [2.24, 2.45) is 35.5 Å². The molecule has 6 atom stereocenters. The van der Waals surface area contributed by atoms with Crippen molar-refractivity contribution >= 4 is 11.9 Å². The fraction of sp³-hybridized carbons (Fsp3) is 0.509. The van der Waals surface area contributed by atoms with Crippen molar-refractivity contribution in [1.29, 1.82) is 0 Å². The first kappa shape index (κ1) is 40.4. The van der Waals surface area contributed by atoms with Crippen LogP contribution in [0, 0.1) is 42.4 Å². The van der Waals surface area contributed by atoms with Gasteiger partial charge in [-0.15, -0.1) is 0 Å². The van der Waals surface area contributed by atoms with Crippen LogP contribution < -0.4 is 9.47 Å². The summed E-state index contributed by atoms with van der Waals surface area (Å²) in [5.41, 5.74) is 11.8. The number of fused-ring (bicyclic) bond motifs is 2. The summed E-state index contributed by atoms with van der Waals surface area (Å²) in [6.45, 7) is 6.45. The summed E-state index contributed by atoms with van der Waals surface area (Å²) >= 11 is 0. The number of carbonyl (C=O) groups is 2. The van der Waals surface area contributed by atoms with Gasteiger partial charge in [0.05, 0.1) is 25.0 Å². The molecule has 61 heavy (non-hydrogen) atoms. The number of aryl methyl sites for hydroxylation is 3. The van der Waals surface area contributed by atoms with E-state index in [1.165, 1.54) is 101 Å². The number of nitrogens with zero attached hydrogens (tertiary/aromatic N) is 2. The van der Waals surface area contributed by atoms with Crippen LogP contribution in [0.5, 0.6) is 11.5 Å². The molecule has 6 aliphatic rings. The number of carboxylic acid groups (broad SMARTS) is 2. The SMILES string of the molecule is Cc1cc2c(cc1-c1ccc(OCC3CCCC(C4CCCC(COc5ccc(-c6ccc7c(c6)CCC7N6CC(C(=O)O)C6)cc5)C4)C3)cc1)CCC2N1CC(C(=O)O)C1. The Bertz CT molecular complexity index is 2220. The lowest BCUT2D eigenvalue weighted by Gasteiger charge is -2.41. The molecular formula is C53H62N2O6. The van der Waals surface area contributed by atoms with Crippen LogP contribution in [0.4, 0.5) is 0 Å². The van der Waals surface area contributed by atoms with Gasteiger partial charge in [-0.25, -0.2) is 0 Å². The number of hydrogen-bond donors (Lipinski definition) is 2. The maximum Gasteiger partial charge on any atom is 0.309 e. The monoisotopic (exact) mass is 822 g/mol. The number of aliphatic carboxylic acids is 2. The average Bonchev–Trinajstić information content (AvgIpc) is 3.84. The quantitative estimate of drug-likeness (QED) is 0.138. The molecule has 0 bridgehead atoms. The van der Waals surface area contributed by atoms with Crippen LogP contribution in [0.1, 0.15) is 104 Å². The maximum atomic E-state index is 11.4. The van der Waals surface area contributed by atoms with Crippen LogP contribution in [0.15, 0.2) is 78.9 Å². The summed E-state index contributed by atoms with van der Waals surface area (Å²) in [6.07, 6.45) is 14.6. The molecule has 0 radical (unpaired) electrons. The minimum atomic E-state index is -0.670. The maximum absolute atomic E-state index is 11.4. The topological polar surface area (TPSA) is 99.5 Å². The van der Waals surface area contributed by atoms with Gasteiger partial charge in [0.2, 0.25) is 0 Å². The summed E-state index contributed by atoms with van der Waals surface area (Å²) in [4.78, 5) is 27.3. The van der Waals surface area contributed by atoms with Crippen molar-refractivity contribution in [3.63, 3.8) is 0 Å². The third-order valence-corrected chi connectivity index (χ3v) is 15.8. The van der Waals surface area contributed by atoms with Gasteiger partial charge in [0.1, 0.15) is 11.5 Å². The van der Waals surface area contributed by atoms with Gasteiger partial charge in [-0.05, 0) is 156 Å². The molecule has 320 valence electrons. The highest BCUT2D eigenvalue weighted by Gasteiger charge is 2.41. The van der Waals surface area contributed by atoms with E-state index in [1.54, 1.807) is 0 Å². The van der Waals surface area contributed by atoms with E-state index >= 15 is 0 Å². The Morgan fingerprint density at radius 2 is 1.07 bits per heavy atom. The molecule has 2 saturated carbocycles. The van der Waals surface area contributed by atoms with Crippen molar-refractivity contribution in [3.05, 3.63) is 107 Å². The number of likely N-dealkylation sites (tertiary alicyclic amines) is 2. The van der Waals surface area contributed by atoms with Gasteiger partial charge in [0.15, 0.2) is 0 Å². The van der Waals surface area contributed by atoms with Gasteiger partial charge < -0.3 is 19.7 Å². The fourth-order valence-corrected chi connectivity index (χ4v) is 12.2. The zero-order valence-corrected chi connectivity index (χ0v) is 35.8. The molecule has 2 saturated heterocycles. The standard InChI is InChI=1S/C53H62N2O6/c1-33-22-49-42(14-21-51(49)55-29-44(30-55)53(58)59)26-48(33)37-10-17-46(18-11-37)61-32-35-5-3-7-39(24-35)38-6-2-4-34(23-38)31-60-45-15-8-36(9-16-45)40-12-19-47-41(25-40)13-20-50(47)54-27-43(28-54)52(56)57/h8-12,15-19,22,25-26,34-35,38-39,43-44,50-51H,2-7,13-14,20-21,23-24,27-32H2,1H3,(H,56,57)(H,58,59).